The van der Waals surface area contributed by atoms with E-state index in [4.69, 9.17) is 10.7 Å². The molecular formula is C13H10ClNO3S. The Morgan fingerprint density at radius 3 is 2.58 bits per heavy atom. The summed E-state index contributed by atoms with van der Waals surface area (Å²) in [6.45, 7) is 2.41. The van der Waals surface area contributed by atoms with E-state index in [1.54, 1.807) is 17.0 Å². The van der Waals surface area contributed by atoms with Crippen LogP contribution in [0.1, 0.15) is 17.3 Å². The van der Waals surface area contributed by atoms with Crippen molar-refractivity contribution >= 4 is 42.1 Å². The number of rotatable bonds is 2. The van der Waals surface area contributed by atoms with Crippen molar-refractivity contribution < 1.29 is 13.2 Å². The lowest BCUT2D eigenvalue weighted by Crippen LogP contribution is -2.25. The molecule has 0 radical (unpaired) electrons. The third kappa shape index (κ3) is 1.65. The number of hydrogen-bond donors (Lipinski definition) is 0. The van der Waals surface area contributed by atoms with Crippen molar-refractivity contribution in [1.29, 1.82) is 0 Å². The van der Waals surface area contributed by atoms with Crippen LogP contribution in [0.2, 0.25) is 0 Å². The molecule has 3 rings (SSSR count). The fourth-order valence-electron chi connectivity index (χ4n) is 2.55. The van der Waals surface area contributed by atoms with E-state index in [1.165, 1.54) is 12.1 Å². The second-order valence-electron chi connectivity index (χ2n) is 4.30. The summed E-state index contributed by atoms with van der Waals surface area (Å²) in [5, 5.41) is 1.16. The molecule has 19 heavy (non-hydrogen) atoms. The Morgan fingerprint density at radius 1 is 1.21 bits per heavy atom. The second-order valence-corrected chi connectivity index (χ2v) is 6.83. The molecule has 2 aromatic rings. The number of carbonyl (C=O) groups excluding carboxylic acids is 1. The third-order valence-electron chi connectivity index (χ3n) is 3.32. The van der Waals surface area contributed by atoms with Crippen molar-refractivity contribution in [2.75, 3.05) is 11.4 Å². The first-order valence-electron chi connectivity index (χ1n) is 5.77. The minimum absolute atomic E-state index is 0.0421. The van der Waals surface area contributed by atoms with Gasteiger partial charge in [-0.3, -0.25) is 4.79 Å². The van der Waals surface area contributed by atoms with Crippen LogP contribution >= 0.6 is 10.7 Å². The number of amides is 1. The van der Waals surface area contributed by atoms with Gasteiger partial charge in [0.25, 0.3) is 15.0 Å². The van der Waals surface area contributed by atoms with Crippen LogP contribution in [0.5, 0.6) is 0 Å². The van der Waals surface area contributed by atoms with E-state index >= 15 is 0 Å². The van der Waals surface area contributed by atoms with Gasteiger partial charge in [-0.05, 0) is 25.1 Å². The first-order valence-corrected chi connectivity index (χ1v) is 8.08. The zero-order valence-corrected chi connectivity index (χ0v) is 11.6. The highest BCUT2D eigenvalue weighted by atomic mass is 35.7. The molecule has 4 nitrogen and oxygen atoms in total. The average molecular weight is 296 g/mol. The molecule has 2 aromatic carbocycles. The molecule has 0 aliphatic carbocycles. The van der Waals surface area contributed by atoms with Crippen LogP contribution in [0.25, 0.3) is 10.8 Å². The highest BCUT2D eigenvalue weighted by Gasteiger charge is 2.30. The second kappa shape index (κ2) is 3.95. The minimum atomic E-state index is -3.83. The monoisotopic (exact) mass is 295 g/mol. The zero-order chi connectivity index (χ0) is 13.8. The Balaban J connectivity index is 2.48. The smallest absolute Gasteiger partial charge is 0.261 e. The predicted octanol–water partition coefficient (Wildman–Crippen LogP) is 2.75. The standard InChI is InChI=1S/C13H10ClNO3S/c1-2-15-10-5-3-4-8-11(19(14,17)18)7-6-9(12(8)10)13(15)16/h3-7H,2H2,1H3. The SMILES string of the molecule is CCN1C(=O)c2ccc(S(=O)(=O)Cl)c3cccc1c23. The highest BCUT2D eigenvalue weighted by Crippen LogP contribution is 2.40. The van der Waals surface area contributed by atoms with E-state index in [0.29, 0.717) is 22.9 Å². The fraction of sp³-hybridized carbons (Fsp3) is 0.154. The van der Waals surface area contributed by atoms with E-state index in [2.05, 4.69) is 0 Å². The van der Waals surface area contributed by atoms with Crippen molar-refractivity contribution in [3.05, 3.63) is 35.9 Å². The van der Waals surface area contributed by atoms with Gasteiger partial charge < -0.3 is 4.90 Å². The molecule has 0 atom stereocenters. The van der Waals surface area contributed by atoms with Crippen LogP contribution in [0, 0.1) is 0 Å². The van der Waals surface area contributed by atoms with Crippen molar-refractivity contribution in [3.63, 3.8) is 0 Å². The van der Waals surface area contributed by atoms with Gasteiger partial charge in [-0.1, -0.05) is 12.1 Å². The molecule has 1 heterocycles. The molecule has 0 saturated carbocycles. The molecule has 0 spiro atoms. The maximum absolute atomic E-state index is 12.2. The number of halogens is 1. The van der Waals surface area contributed by atoms with Gasteiger partial charge in [0.15, 0.2) is 0 Å². The van der Waals surface area contributed by atoms with Crippen molar-refractivity contribution in [1.82, 2.24) is 0 Å². The van der Waals surface area contributed by atoms with Gasteiger partial charge in [0.1, 0.15) is 0 Å². The minimum Gasteiger partial charge on any atom is -0.308 e. The van der Waals surface area contributed by atoms with Gasteiger partial charge in [0, 0.05) is 33.6 Å². The van der Waals surface area contributed by atoms with Gasteiger partial charge >= 0.3 is 0 Å². The summed E-state index contributed by atoms with van der Waals surface area (Å²) in [7, 11) is 1.61. The molecule has 0 unspecified atom stereocenters. The molecule has 0 N–H and O–H groups in total. The zero-order valence-electron chi connectivity index (χ0n) is 10.1. The third-order valence-corrected chi connectivity index (χ3v) is 4.70. The number of benzene rings is 2. The van der Waals surface area contributed by atoms with E-state index in [1.807, 2.05) is 13.0 Å². The summed E-state index contributed by atoms with van der Waals surface area (Å²) < 4.78 is 23.2. The lowest BCUT2D eigenvalue weighted by atomic mass is 10.1. The largest absolute Gasteiger partial charge is 0.308 e. The number of carbonyl (C=O) groups is 1. The van der Waals surface area contributed by atoms with Gasteiger partial charge in [0.05, 0.1) is 10.6 Å². The Kier molecular flexibility index (Phi) is 2.59. The molecule has 98 valence electrons. The molecule has 0 fully saturated rings. The fourth-order valence-corrected chi connectivity index (χ4v) is 3.61. The number of hydrogen-bond acceptors (Lipinski definition) is 3. The van der Waals surface area contributed by atoms with Crippen molar-refractivity contribution in [2.45, 2.75) is 11.8 Å². The van der Waals surface area contributed by atoms with Crippen LogP contribution in [0.3, 0.4) is 0 Å². The lowest BCUT2D eigenvalue weighted by molar-refractivity contribution is 0.0994. The van der Waals surface area contributed by atoms with Crippen LogP contribution in [0.4, 0.5) is 5.69 Å². The van der Waals surface area contributed by atoms with E-state index in [9.17, 15) is 13.2 Å². The van der Waals surface area contributed by atoms with Gasteiger partial charge in [-0.2, -0.15) is 0 Å². The molecule has 0 aromatic heterocycles. The highest BCUT2D eigenvalue weighted by molar-refractivity contribution is 8.14. The summed E-state index contributed by atoms with van der Waals surface area (Å²) >= 11 is 0. The van der Waals surface area contributed by atoms with Crippen LogP contribution in [-0.2, 0) is 9.05 Å². The summed E-state index contributed by atoms with van der Waals surface area (Å²) in [5.41, 5.74) is 1.26. The van der Waals surface area contributed by atoms with Crippen LogP contribution in [-0.4, -0.2) is 20.9 Å². The molecule has 1 amide bonds. The van der Waals surface area contributed by atoms with Gasteiger partial charge in [-0.25, -0.2) is 8.42 Å². The van der Waals surface area contributed by atoms with Crippen LogP contribution in [0.15, 0.2) is 35.2 Å². The molecule has 1 aliphatic rings. The Bertz CT molecular complexity index is 814. The normalized spacial score (nSPS) is 14.4. The van der Waals surface area contributed by atoms with E-state index in [0.717, 1.165) is 5.69 Å². The Morgan fingerprint density at radius 2 is 1.95 bits per heavy atom. The molecular weight excluding hydrogens is 286 g/mol. The molecule has 0 saturated heterocycles. The maximum atomic E-state index is 12.2. The summed E-state index contributed by atoms with van der Waals surface area (Å²) in [4.78, 5) is 13.9. The molecule has 0 bridgehead atoms. The van der Waals surface area contributed by atoms with Crippen molar-refractivity contribution in [3.8, 4) is 0 Å². The molecule has 6 heteroatoms. The first-order chi connectivity index (χ1) is 8.95. The van der Waals surface area contributed by atoms with Crippen LogP contribution < -0.4 is 4.90 Å². The number of nitrogens with zero attached hydrogens (tertiary/aromatic N) is 1. The van der Waals surface area contributed by atoms with Crippen molar-refractivity contribution in [2.24, 2.45) is 0 Å². The topological polar surface area (TPSA) is 54.5 Å². The quantitative estimate of drug-likeness (QED) is 0.801. The maximum Gasteiger partial charge on any atom is 0.261 e. The summed E-state index contributed by atoms with van der Waals surface area (Å²) in [6, 6.07) is 8.13. The van der Waals surface area contributed by atoms with Gasteiger partial charge in [-0.15, -0.1) is 0 Å². The predicted molar refractivity (Wildman–Crippen MR) is 74.3 cm³/mol. The van der Waals surface area contributed by atoms with E-state index in [-0.39, 0.29) is 10.8 Å². The Labute approximate surface area is 115 Å². The Hall–Kier alpha value is -1.59. The lowest BCUT2D eigenvalue weighted by Gasteiger charge is -2.14. The van der Waals surface area contributed by atoms with E-state index < -0.39 is 9.05 Å². The average Bonchev–Trinajstić information content (AvgIpc) is 2.63. The summed E-state index contributed by atoms with van der Waals surface area (Å²) in [5.74, 6) is -0.104. The summed E-state index contributed by atoms with van der Waals surface area (Å²) in [6.07, 6.45) is 0. The first kappa shape index (κ1) is 12.4. The van der Waals surface area contributed by atoms with Gasteiger partial charge in [0.2, 0.25) is 0 Å². The molecule has 1 aliphatic heterocycles. The number of anilines is 1.